The largest absolute Gasteiger partial charge is 0.369 e. The molecule has 4 heterocycles. The van der Waals surface area contributed by atoms with E-state index in [9.17, 15) is 9.18 Å². The van der Waals surface area contributed by atoms with Crippen LogP contribution in [0.5, 0.6) is 0 Å². The Kier molecular flexibility index (Phi) is 4.13. The topological polar surface area (TPSA) is 78.2 Å². The summed E-state index contributed by atoms with van der Waals surface area (Å²) < 4.78 is 17.7. The van der Waals surface area contributed by atoms with Crippen molar-refractivity contribution in [2.45, 2.75) is 25.8 Å². The van der Waals surface area contributed by atoms with Crippen molar-refractivity contribution < 1.29 is 9.18 Å². The van der Waals surface area contributed by atoms with Crippen LogP contribution in [-0.4, -0.2) is 24.8 Å². The first-order chi connectivity index (χ1) is 14.0. The Hall–Kier alpha value is -3.19. The molecule has 0 saturated carbocycles. The Morgan fingerprint density at radius 2 is 2.07 bits per heavy atom. The van der Waals surface area contributed by atoms with Gasteiger partial charge in [0.15, 0.2) is 0 Å². The average Bonchev–Trinajstić information content (AvgIpc) is 3.38. The average molecular weight is 410 g/mol. The highest BCUT2D eigenvalue weighted by Gasteiger charge is 2.24. The first kappa shape index (κ1) is 17.9. The van der Waals surface area contributed by atoms with Crippen LogP contribution >= 0.6 is 11.6 Å². The van der Waals surface area contributed by atoms with E-state index in [1.54, 1.807) is 18.3 Å². The van der Waals surface area contributed by atoms with Gasteiger partial charge in [-0.25, -0.2) is 14.4 Å². The highest BCUT2D eigenvalue weighted by molar-refractivity contribution is 6.31. The molecule has 0 atom stereocenters. The number of fused-ring (bicyclic) bond motifs is 2. The third kappa shape index (κ3) is 2.98. The van der Waals surface area contributed by atoms with Gasteiger partial charge < -0.3 is 14.7 Å². The zero-order valence-electron chi connectivity index (χ0n) is 15.4. The summed E-state index contributed by atoms with van der Waals surface area (Å²) in [5.41, 5.74) is 10.2. The van der Waals surface area contributed by atoms with Gasteiger partial charge in [0, 0.05) is 36.5 Å². The van der Waals surface area contributed by atoms with E-state index in [0.29, 0.717) is 0 Å². The van der Waals surface area contributed by atoms with Crippen molar-refractivity contribution in [3.63, 3.8) is 0 Å². The standard InChI is InChI=1S/C21H17ClFN5O/c22-15-8-12(3-5-16(15)23)20-21(27-7-1-2-19(27)26-20)13-4-6-18-25-10-14(9-17(24)29)28(18)11-13/h3-6,8,10-11H,1-2,7,9H2,(H2,24,29). The lowest BCUT2D eigenvalue weighted by Gasteiger charge is -2.10. The van der Waals surface area contributed by atoms with E-state index in [-0.39, 0.29) is 11.4 Å². The van der Waals surface area contributed by atoms with E-state index in [0.717, 1.165) is 59.1 Å². The van der Waals surface area contributed by atoms with Crippen LogP contribution in [0.15, 0.2) is 42.7 Å². The van der Waals surface area contributed by atoms with Crippen molar-refractivity contribution in [2.75, 3.05) is 0 Å². The molecule has 0 radical (unpaired) electrons. The molecule has 1 amide bonds. The predicted molar refractivity (Wildman–Crippen MR) is 108 cm³/mol. The number of benzene rings is 1. The minimum atomic E-state index is -0.459. The lowest BCUT2D eigenvalue weighted by molar-refractivity contribution is -0.117. The number of hydrogen-bond donors (Lipinski definition) is 1. The minimum Gasteiger partial charge on any atom is -0.369 e. The Bertz CT molecular complexity index is 1280. The molecule has 5 rings (SSSR count). The molecule has 3 aromatic heterocycles. The summed E-state index contributed by atoms with van der Waals surface area (Å²) in [4.78, 5) is 20.6. The fourth-order valence-corrected chi connectivity index (χ4v) is 4.12. The van der Waals surface area contributed by atoms with Crippen LogP contribution < -0.4 is 5.73 Å². The maximum Gasteiger partial charge on any atom is 0.223 e. The van der Waals surface area contributed by atoms with Gasteiger partial charge in [-0.05, 0) is 36.8 Å². The number of halogens is 2. The number of rotatable bonds is 4. The van der Waals surface area contributed by atoms with Crippen molar-refractivity contribution in [3.05, 3.63) is 65.1 Å². The number of carbonyl (C=O) groups excluding carboxylic acids is 1. The molecule has 0 bridgehead atoms. The Balaban J connectivity index is 1.71. The second kappa shape index (κ2) is 6.70. The third-order valence-corrected chi connectivity index (χ3v) is 5.52. The molecule has 1 aliphatic rings. The van der Waals surface area contributed by atoms with Gasteiger partial charge in [0.05, 0.1) is 28.5 Å². The second-order valence-corrected chi connectivity index (χ2v) is 7.56. The minimum absolute atomic E-state index is 0.0652. The van der Waals surface area contributed by atoms with Gasteiger partial charge in [0.1, 0.15) is 17.3 Å². The first-order valence-electron chi connectivity index (χ1n) is 9.31. The summed E-state index contributed by atoms with van der Waals surface area (Å²) in [6.45, 7) is 0.864. The lowest BCUT2D eigenvalue weighted by Crippen LogP contribution is -2.14. The van der Waals surface area contributed by atoms with E-state index in [1.165, 1.54) is 6.07 Å². The molecule has 1 aliphatic heterocycles. The highest BCUT2D eigenvalue weighted by Crippen LogP contribution is 2.37. The Morgan fingerprint density at radius 1 is 1.24 bits per heavy atom. The molecular weight excluding hydrogens is 393 g/mol. The molecule has 8 heteroatoms. The summed E-state index contributed by atoms with van der Waals surface area (Å²) in [6, 6.07) is 8.53. The van der Waals surface area contributed by atoms with Crippen molar-refractivity contribution in [3.8, 4) is 22.5 Å². The van der Waals surface area contributed by atoms with Gasteiger partial charge in [0.2, 0.25) is 5.91 Å². The molecule has 146 valence electrons. The molecule has 1 aromatic carbocycles. The van der Waals surface area contributed by atoms with Gasteiger partial charge in [-0.1, -0.05) is 11.6 Å². The van der Waals surface area contributed by atoms with Crippen molar-refractivity contribution in [1.82, 2.24) is 18.9 Å². The number of carbonyl (C=O) groups is 1. The van der Waals surface area contributed by atoms with Crippen molar-refractivity contribution >= 4 is 23.2 Å². The molecule has 29 heavy (non-hydrogen) atoms. The summed E-state index contributed by atoms with van der Waals surface area (Å²) in [5, 5.41) is 0.0652. The van der Waals surface area contributed by atoms with Crippen LogP contribution in [0.1, 0.15) is 17.9 Å². The van der Waals surface area contributed by atoms with Crippen LogP contribution in [0.4, 0.5) is 4.39 Å². The number of imidazole rings is 2. The molecular formula is C21H17ClFN5O. The summed E-state index contributed by atoms with van der Waals surface area (Å²) >= 11 is 6.02. The molecule has 2 N–H and O–H groups in total. The van der Waals surface area contributed by atoms with Crippen LogP contribution in [-0.2, 0) is 24.2 Å². The third-order valence-electron chi connectivity index (χ3n) is 5.23. The zero-order chi connectivity index (χ0) is 20.1. The maximum atomic E-state index is 13.7. The van der Waals surface area contributed by atoms with Crippen LogP contribution in [0.25, 0.3) is 28.2 Å². The molecule has 0 aliphatic carbocycles. The van der Waals surface area contributed by atoms with E-state index >= 15 is 0 Å². The number of hydrogen-bond acceptors (Lipinski definition) is 3. The van der Waals surface area contributed by atoms with Gasteiger partial charge in [-0.2, -0.15) is 0 Å². The summed E-state index contributed by atoms with van der Waals surface area (Å²) in [5.74, 6) is 0.127. The van der Waals surface area contributed by atoms with E-state index in [2.05, 4.69) is 9.55 Å². The van der Waals surface area contributed by atoms with Crippen LogP contribution in [0, 0.1) is 5.82 Å². The second-order valence-electron chi connectivity index (χ2n) is 7.15. The fraction of sp³-hybridized carbons (Fsp3) is 0.190. The highest BCUT2D eigenvalue weighted by atomic mass is 35.5. The number of primary amides is 1. The Labute approximate surface area is 170 Å². The van der Waals surface area contributed by atoms with Crippen molar-refractivity contribution in [2.24, 2.45) is 5.73 Å². The quantitative estimate of drug-likeness (QED) is 0.559. The molecule has 4 aromatic rings. The normalized spacial score (nSPS) is 13.2. The number of aromatic nitrogens is 4. The van der Waals surface area contributed by atoms with Crippen molar-refractivity contribution in [1.29, 1.82) is 0 Å². The molecule has 0 saturated heterocycles. The molecule has 6 nitrogen and oxygen atoms in total. The zero-order valence-corrected chi connectivity index (χ0v) is 16.2. The molecule has 0 unspecified atom stereocenters. The van der Waals surface area contributed by atoms with Crippen LogP contribution in [0.2, 0.25) is 5.02 Å². The smallest absolute Gasteiger partial charge is 0.223 e. The van der Waals surface area contributed by atoms with E-state index in [1.807, 2.05) is 22.7 Å². The van der Waals surface area contributed by atoms with Gasteiger partial charge in [-0.15, -0.1) is 0 Å². The van der Waals surface area contributed by atoms with Gasteiger partial charge in [0.25, 0.3) is 0 Å². The number of aryl methyl sites for hydroxylation is 1. The fourth-order valence-electron chi connectivity index (χ4n) is 3.94. The maximum absolute atomic E-state index is 13.7. The molecule has 0 spiro atoms. The SMILES string of the molecule is NC(=O)Cc1cnc2ccc(-c3c(-c4ccc(F)c(Cl)c4)nc4n3CCC4)cn12. The van der Waals surface area contributed by atoms with E-state index in [4.69, 9.17) is 22.3 Å². The Morgan fingerprint density at radius 3 is 2.86 bits per heavy atom. The van der Waals surface area contributed by atoms with Gasteiger partial charge in [-0.3, -0.25) is 4.79 Å². The number of pyridine rings is 1. The molecule has 0 fully saturated rings. The lowest BCUT2D eigenvalue weighted by atomic mass is 10.1. The number of nitrogens with zero attached hydrogens (tertiary/aromatic N) is 4. The van der Waals surface area contributed by atoms with E-state index < -0.39 is 11.7 Å². The predicted octanol–water partition coefficient (Wildman–Crippen LogP) is 3.63. The number of nitrogens with two attached hydrogens (primary N) is 1. The summed E-state index contributed by atoms with van der Waals surface area (Å²) in [7, 11) is 0. The first-order valence-corrected chi connectivity index (χ1v) is 9.68. The monoisotopic (exact) mass is 409 g/mol. The number of amides is 1. The van der Waals surface area contributed by atoms with Gasteiger partial charge >= 0.3 is 0 Å². The summed E-state index contributed by atoms with van der Waals surface area (Å²) in [6.07, 6.45) is 5.63. The van der Waals surface area contributed by atoms with Crippen LogP contribution in [0.3, 0.4) is 0 Å².